The van der Waals surface area contributed by atoms with Crippen molar-refractivity contribution < 1.29 is 17.9 Å². The van der Waals surface area contributed by atoms with Crippen LogP contribution in [0.2, 0.25) is 0 Å². The molecule has 1 unspecified atom stereocenters. The van der Waals surface area contributed by atoms with Crippen molar-refractivity contribution in [3.63, 3.8) is 0 Å². The summed E-state index contributed by atoms with van der Waals surface area (Å²) in [6, 6.07) is 5.97. The Hall–Kier alpha value is -1.37. The second-order valence-electron chi connectivity index (χ2n) is 5.03. The fourth-order valence-corrected chi connectivity index (χ4v) is 3.12. The highest BCUT2D eigenvalue weighted by Gasteiger charge is 2.32. The SMILES string of the molecule is CCC1(C)CCSC(Nc2ccccc2OC(F)(F)F)=N1. The Labute approximate surface area is 126 Å². The zero-order chi connectivity index (χ0) is 15.5. The second kappa shape index (κ2) is 6.17. The summed E-state index contributed by atoms with van der Waals surface area (Å²) >= 11 is 1.50. The van der Waals surface area contributed by atoms with Crippen LogP contribution in [0.25, 0.3) is 0 Å². The quantitative estimate of drug-likeness (QED) is 0.880. The first-order valence-electron chi connectivity index (χ1n) is 6.66. The largest absolute Gasteiger partial charge is 0.573 e. The van der Waals surface area contributed by atoms with Gasteiger partial charge in [0.05, 0.1) is 11.2 Å². The highest BCUT2D eigenvalue weighted by molar-refractivity contribution is 8.14. The Bertz CT molecular complexity index is 533. The van der Waals surface area contributed by atoms with E-state index in [-0.39, 0.29) is 17.0 Å². The Morgan fingerprint density at radius 3 is 2.76 bits per heavy atom. The molecule has 0 bridgehead atoms. The first-order chi connectivity index (χ1) is 9.81. The highest BCUT2D eigenvalue weighted by Crippen LogP contribution is 2.33. The molecule has 1 aliphatic heterocycles. The molecule has 1 aromatic rings. The number of nitrogens with one attached hydrogen (secondary N) is 1. The lowest BCUT2D eigenvalue weighted by Gasteiger charge is -2.29. The van der Waals surface area contributed by atoms with Crippen LogP contribution in [-0.4, -0.2) is 22.8 Å². The molecule has 0 radical (unpaired) electrons. The van der Waals surface area contributed by atoms with Crippen LogP contribution < -0.4 is 10.1 Å². The molecule has 0 amide bonds. The molecule has 7 heteroatoms. The van der Waals surface area contributed by atoms with Crippen molar-refractivity contribution in [3.8, 4) is 5.75 Å². The Morgan fingerprint density at radius 2 is 2.10 bits per heavy atom. The van der Waals surface area contributed by atoms with Crippen LogP contribution in [0.4, 0.5) is 18.9 Å². The van der Waals surface area contributed by atoms with E-state index in [4.69, 9.17) is 0 Å². The predicted octanol–water partition coefficient (Wildman–Crippen LogP) is 4.66. The van der Waals surface area contributed by atoms with Crippen LogP contribution in [0, 0.1) is 0 Å². The second-order valence-corrected chi connectivity index (χ2v) is 6.12. The Kier molecular flexibility index (Phi) is 4.70. The van der Waals surface area contributed by atoms with Gasteiger partial charge in [0.2, 0.25) is 0 Å². The first kappa shape index (κ1) is 16.0. The van der Waals surface area contributed by atoms with Crippen LogP contribution >= 0.6 is 11.8 Å². The number of thioether (sulfide) groups is 1. The van der Waals surface area contributed by atoms with Crippen molar-refractivity contribution in [2.24, 2.45) is 4.99 Å². The van der Waals surface area contributed by atoms with E-state index in [1.54, 1.807) is 12.1 Å². The summed E-state index contributed by atoms with van der Waals surface area (Å²) in [4.78, 5) is 4.60. The molecule has 0 spiro atoms. The van der Waals surface area contributed by atoms with Crippen molar-refractivity contribution in [1.82, 2.24) is 0 Å². The van der Waals surface area contributed by atoms with Gasteiger partial charge in [-0.15, -0.1) is 13.2 Å². The number of para-hydroxylation sites is 2. The fraction of sp³-hybridized carbons (Fsp3) is 0.500. The van der Waals surface area contributed by atoms with E-state index >= 15 is 0 Å². The minimum atomic E-state index is -4.71. The zero-order valence-corrected chi connectivity index (χ0v) is 12.6. The molecule has 0 fully saturated rings. The topological polar surface area (TPSA) is 33.6 Å². The van der Waals surface area contributed by atoms with Crippen LogP contribution in [0.1, 0.15) is 26.7 Å². The molecule has 3 nitrogen and oxygen atoms in total. The van der Waals surface area contributed by atoms with Crippen LogP contribution in [0.15, 0.2) is 29.3 Å². The molecule has 1 N–H and O–H groups in total. The normalized spacial score (nSPS) is 22.6. The summed E-state index contributed by atoms with van der Waals surface area (Å²) < 4.78 is 41.2. The third kappa shape index (κ3) is 4.56. The maximum atomic E-state index is 12.4. The van der Waals surface area contributed by atoms with Crippen molar-refractivity contribution in [2.45, 2.75) is 38.6 Å². The molecule has 1 atom stereocenters. The molecule has 1 aromatic carbocycles. The molecule has 21 heavy (non-hydrogen) atoms. The van der Waals surface area contributed by atoms with Crippen LogP contribution in [-0.2, 0) is 0 Å². The number of alkyl halides is 3. The van der Waals surface area contributed by atoms with Gasteiger partial charge in [-0.05, 0) is 31.9 Å². The predicted molar refractivity (Wildman–Crippen MR) is 80.0 cm³/mol. The standard InChI is InChI=1S/C14H17F3N2OS/c1-3-13(2)8-9-21-12(19-13)18-10-6-4-5-7-11(10)20-14(15,16)17/h4-7H,3,8-9H2,1-2H3,(H,18,19). The molecule has 1 aliphatic rings. The maximum Gasteiger partial charge on any atom is 0.573 e. The van der Waals surface area contributed by atoms with Gasteiger partial charge in [0.1, 0.15) is 0 Å². The number of halogens is 3. The highest BCUT2D eigenvalue weighted by atomic mass is 32.2. The van der Waals surface area contributed by atoms with Crippen molar-refractivity contribution >= 4 is 22.6 Å². The first-order valence-corrected chi connectivity index (χ1v) is 7.64. The maximum absolute atomic E-state index is 12.4. The van der Waals surface area contributed by atoms with Gasteiger partial charge in [-0.1, -0.05) is 30.8 Å². The molecule has 0 aromatic heterocycles. The number of rotatable bonds is 3. The summed E-state index contributed by atoms with van der Waals surface area (Å²) in [7, 11) is 0. The number of ether oxygens (including phenoxy) is 1. The van der Waals surface area contributed by atoms with Gasteiger partial charge < -0.3 is 10.1 Å². The van der Waals surface area contributed by atoms with Gasteiger partial charge in [-0.2, -0.15) is 0 Å². The van der Waals surface area contributed by atoms with Gasteiger partial charge in [0.15, 0.2) is 10.9 Å². The molecule has 2 rings (SSSR count). The fourth-order valence-electron chi connectivity index (χ4n) is 1.92. The summed E-state index contributed by atoms with van der Waals surface area (Å²) in [5.41, 5.74) is 0.106. The summed E-state index contributed by atoms with van der Waals surface area (Å²) in [5.74, 6) is 0.635. The van der Waals surface area contributed by atoms with E-state index in [0.29, 0.717) is 5.17 Å². The minimum Gasteiger partial charge on any atom is -0.404 e. The number of hydrogen-bond acceptors (Lipinski definition) is 4. The van der Waals surface area contributed by atoms with E-state index in [9.17, 15) is 13.2 Å². The summed E-state index contributed by atoms with van der Waals surface area (Å²) in [5, 5.41) is 3.58. The van der Waals surface area contributed by atoms with Crippen molar-refractivity contribution in [2.75, 3.05) is 11.1 Å². The van der Waals surface area contributed by atoms with E-state index in [0.717, 1.165) is 18.6 Å². The van der Waals surface area contributed by atoms with E-state index in [1.807, 2.05) is 6.92 Å². The lowest BCUT2D eigenvalue weighted by atomic mass is 9.97. The number of nitrogens with zero attached hydrogens (tertiary/aromatic N) is 1. The molecule has 0 aliphatic carbocycles. The molecular formula is C14H17F3N2OS. The average Bonchev–Trinajstić information content (AvgIpc) is 2.40. The smallest absolute Gasteiger partial charge is 0.404 e. The van der Waals surface area contributed by atoms with Gasteiger partial charge in [-0.25, -0.2) is 0 Å². The number of amidine groups is 1. The van der Waals surface area contributed by atoms with Crippen molar-refractivity contribution in [1.29, 1.82) is 0 Å². The number of aliphatic imine (C=N–C) groups is 1. The van der Waals surface area contributed by atoms with Gasteiger partial charge >= 0.3 is 6.36 Å². The van der Waals surface area contributed by atoms with Gasteiger partial charge in [-0.3, -0.25) is 4.99 Å². The monoisotopic (exact) mass is 318 g/mol. The number of benzene rings is 1. The molecular weight excluding hydrogens is 301 g/mol. The number of hydrogen-bond donors (Lipinski definition) is 1. The van der Waals surface area contributed by atoms with Crippen LogP contribution in [0.3, 0.4) is 0 Å². The summed E-state index contributed by atoms with van der Waals surface area (Å²) in [6.45, 7) is 4.10. The number of anilines is 1. The van der Waals surface area contributed by atoms with E-state index < -0.39 is 6.36 Å². The van der Waals surface area contributed by atoms with Crippen molar-refractivity contribution in [3.05, 3.63) is 24.3 Å². The van der Waals surface area contributed by atoms with E-state index in [1.165, 1.54) is 23.9 Å². The third-order valence-electron chi connectivity index (χ3n) is 3.37. The Morgan fingerprint density at radius 1 is 1.38 bits per heavy atom. The molecule has 0 saturated heterocycles. The lowest BCUT2D eigenvalue weighted by Crippen LogP contribution is -2.30. The van der Waals surface area contributed by atoms with Gasteiger partial charge in [0.25, 0.3) is 0 Å². The average molecular weight is 318 g/mol. The zero-order valence-electron chi connectivity index (χ0n) is 11.8. The third-order valence-corrected chi connectivity index (χ3v) is 4.24. The Balaban J connectivity index is 2.20. The lowest BCUT2D eigenvalue weighted by molar-refractivity contribution is -0.274. The molecule has 116 valence electrons. The van der Waals surface area contributed by atoms with Crippen LogP contribution in [0.5, 0.6) is 5.75 Å². The van der Waals surface area contributed by atoms with Gasteiger partial charge in [0, 0.05) is 5.75 Å². The molecule has 1 heterocycles. The van der Waals surface area contributed by atoms with E-state index in [2.05, 4.69) is 22.0 Å². The molecule has 0 saturated carbocycles. The minimum absolute atomic E-state index is 0.159. The summed E-state index contributed by atoms with van der Waals surface area (Å²) in [6.07, 6.45) is -2.86.